The van der Waals surface area contributed by atoms with Crippen molar-refractivity contribution in [2.45, 2.75) is 25.7 Å². The van der Waals surface area contributed by atoms with Gasteiger partial charge in [0.05, 0.1) is 12.7 Å². The molecule has 0 atom stereocenters. The van der Waals surface area contributed by atoms with Gasteiger partial charge in [0.15, 0.2) is 0 Å². The maximum absolute atomic E-state index is 10.0. The molecule has 0 spiro atoms. The fourth-order valence-electron chi connectivity index (χ4n) is 6.58. The molecule has 6 aromatic carbocycles. The zero-order valence-electron chi connectivity index (χ0n) is 27.1. The van der Waals surface area contributed by atoms with Crippen molar-refractivity contribution in [3.8, 4) is 11.8 Å². The van der Waals surface area contributed by atoms with Crippen LogP contribution in [0.25, 0.3) is 35.1 Å². The van der Waals surface area contributed by atoms with Crippen molar-refractivity contribution in [1.29, 1.82) is 5.26 Å². The standard InChI is InChI=1S/C44H37N3O/c1-48-40-26-24-39(25-27-40)47(44-8-4-6-34-5-2-3-7-42(34)44)38-22-14-31(15-23-38)9-10-33-16-28-41-36(29-33)19-18-35(43(41)30-45)17-11-32-12-20-37(46)21-13-32/h4,6,8-29H,2-3,5,7,46H2,1H3/b10-9-,17-11+. The molecule has 7 rings (SSSR count). The molecular formula is C44H37N3O. The Morgan fingerprint density at radius 3 is 2.06 bits per heavy atom. The molecule has 0 aromatic heterocycles. The van der Waals surface area contributed by atoms with E-state index in [1.54, 1.807) is 7.11 Å². The number of nitrogen functional groups attached to an aromatic ring is 1. The van der Waals surface area contributed by atoms with Gasteiger partial charge in [0.25, 0.3) is 0 Å². The van der Waals surface area contributed by atoms with E-state index in [1.807, 2.05) is 60.7 Å². The lowest BCUT2D eigenvalue weighted by Crippen LogP contribution is -2.15. The van der Waals surface area contributed by atoms with Gasteiger partial charge >= 0.3 is 0 Å². The van der Waals surface area contributed by atoms with Gasteiger partial charge in [-0.15, -0.1) is 0 Å². The largest absolute Gasteiger partial charge is 0.497 e. The van der Waals surface area contributed by atoms with E-state index in [0.717, 1.165) is 68.7 Å². The molecule has 6 aromatic rings. The monoisotopic (exact) mass is 623 g/mol. The Morgan fingerprint density at radius 1 is 0.688 bits per heavy atom. The molecule has 4 nitrogen and oxygen atoms in total. The van der Waals surface area contributed by atoms with Gasteiger partial charge < -0.3 is 15.4 Å². The Hall–Kier alpha value is -6.05. The second-order valence-electron chi connectivity index (χ2n) is 12.2. The summed E-state index contributed by atoms with van der Waals surface area (Å²) in [5.74, 6) is 0.846. The molecule has 0 aliphatic heterocycles. The van der Waals surface area contributed by atoms with Gasteiger partial charge in [-0.2, -0.15) is 5.26 Å². The third-order valence-electron chi connectivity index (χ3n) is 9.14. The minimum atomic E-state index is 0.673. The molecule has 0 saturated carbocycles. The van der Waals surface area contributed by atoms with Crippen molar-refractivity contribution in [2.75, 3.05) is 17.7 Å². The van der Waals surface area contributed by atoms with E-state index in [1.165, 1.54) is 29.7 Å². The quantitative estimate of drug-likeness (QED) is 0.135. The normalized spacial score (nSPS) is 12.7. The SMILES string of the molecule is COc1ccc(N(c2ccc(/C=C\c3ccc4c(C#N)c(/C=C/c5ccc(N)cc5)ccc4c3)cc2)c2cccc3c2CCCC3)cc1. The smallest absolute Gasteiger partial charge is 0.119 e. The topological polar surface area (TPSA) is 62.3 Å². The maximum Gasteiger partial charge on any atom is 0.119 e. The number of aryl methyl sites for hydroxylation is 1. The first-order valence-corrected chi connectivity index (χ1v) is 16.4. The molecule has 4 heteroatoms. The van der Waals surface area contributed by atoms with Crippen LogP contribution in [0.3, 0.4) is 0 Å². The van der Waals surface area contributed by atoms with Gasteiger partial charge in [-0.05, 0) is 125 Å². The number of methoxy groups -OCH3 is 1. The van der Waals surface area contributed by atoms with Gasteiger partial charge in [0.2, 0.25) is 0 Å². The van der Waals surface area contributed by atoms with E-state index in [2.05, 4.69) is 95.9 Å². The van der Waals surface area contributed by atoms with Crippen LogP contribution in [0, 0.1) is 11.3 Å². The van der Waals surface area contributed by atoms with Crippen LogP contribution in [-0.2, 0) is 12.8 Å². The van der Waals surface area contributed by atoms with E-state index in [9.17, 15) is 5.26 Å². The molecule has 0 heterocycles. The number of nitrogens with two attached hydrogens (primary N) is 1. The Morgan fingerprint density at radius 2 is 1.33 bits per heavy atom. The molecule has 0 amide bonds. The van der Waals surface area contributed by atoms with Crippen LogP contribution in [0.2, 0.25) is 0 Å². The zero-order chi connectivity index (χ0) is 32.9. The van der Waals surface area contributed by atoms with Crippen molar-refractivity contribution >= 4 is 57.8 Å². The van der Waals surface area contributed by atoms with Crippen LogP contribution in [-0.4, -0.2) is 7.11 Å². The van der Waals surface area contributed by atoms with Crippen LogP contribution in [0.15, 0.2) is 121 Å². The van der Waals surface area contributed by atoms with Crippen molar-refractivity contribution < 1.29 is 4.74 Å². The number of hydrogen-bond acceptors (Lipinski definition) is 4. The Balaban J connectivity index is 1.15. The van der Waals surface area contributed by atoms with Gasteiger partial charge in [-0.25, -0.2) is 0 Å². The van der Waals surface area contributed by atoms with Gasteiger partial charge in [-0.1, -0.05) is 85.0 Å². The first-order valence-electron chi connectivity index (χ1n) is 16.4. The molecule has 2 N–H and O–H groups in total. The fourth-order valence-corrected chi connectivity index (χ4v) is 6.58. The molecule has 1 aliphatic carbocycles. The van der Waals surface area contributed by atoms with E-state index in [0.29, 0.717) is 5.56 Å². The summed E-state index contributed by atoms with van der Waals surface area (Å²) in [6.07, 6.45) is 13.0. The summed E-state index contributed by atoms with van der Waals surface area (Å²) in [6.45, 7) is 0. The van der Waals surface area contributed by atoms with Crippen LogP contribution >= 0.6 is 0 Å². The van der Waals surface area contributed by atoms with Crippen LogP contribution in [0.5, 0.6) is 5.75 Å². The number of anilines is 4. The van der Waals surface area contributed by atoms with E-state index in [-0.39, 0.29) is 0 Å². The van der Waals surface area contributed by atoms with Crippen LogP contribution < -0.4 is 15.4 Å². The van der Waals surface area contributed by atoms with Gasteiger partial charge in [0.1, 0.15) is 11.8 Å². The Kier molecular flexibility index (Phi) is 8.76. The minimum Gasteiger partial charge on any atom is -0.497 e. The highest BCUT2D eigenvalue weighted by Crippen LogP contribution is 2.40. The lowest BCUT2D eigenvalue weighted by Gasteiger charge is -2.30. The number of rotatable bonds is 8. The predicted molar refractivity (Wildman–Crippen MR) is 202 cm³/mol. The summed E-state index contributed by atoms with van der Waals surface area (Å²) in [5, 5.41) is 12.0. The van der Waals surface area contributed by atoms with E-state index in [4.69, 9.17) is 10.5 Å². The molecule has 1 aliphatic rings. The highest BCUT2D eigenvalue weighted by atomic mass is 16.5. The fraction of sp³-hybridized carbons (Fsp3) is 0.114. The minimum absolute atomic E-state index is 0.673. The van der Waals surface area contributed by atoms with Crippen molar-refractivity contribution in [1.82, 2.24) is 0 Å². The predicted octanol–water partition coefficient (Wildman–Crippen LogP) is 11.0. The molecule has 234 valence electrons. The third-order valence-corrected chi connectivity index (χ3v) is 9.14. The number of benzene rings is 6. The lowest BCUT2D eigenvalue weighted by molar-refractivity contribution is 0.415. The highest BCUT2D eigenvalue weighted by Gasteiger charge is 2.20. The summed E-state index contributed by atoms with van der Waals surface area (Å²) >= 11 is 0. The first kappa shape index (κ1) is 30.6. The molecule has 0 saturated heterocycles. The Labute approximate surface area is 282 Å². The number of nitrogens with zero attached hydrogens (tertiary/aromatic N) is 2. The maximum atomic E-state index is 10.0. The number of nitriles is 1. The van der Waals surface area contributed by atoms with Crippen molar-refractivity contribution in [3.63, 3.8) is 0 Å². The van der Waals surface area contributed by atoms with Crippen LogP contribution in [0.1, 0.15) is 51.8 Å². The molecule has 0 unspecified atom stereocenters. The molecular weight excluding hydrogens is 587 g/mol. The second-order valence-corrected chi connectivity index (χ2v) is 12.2. The van der Waals surface area contributed by atoms with Gasteiger partial charge in [0, 0.05) is 28.1 Å². The third kappa shape index (κ3) is 6.45. The van der Waals surface area contributed by atoms with E-state index < -0.39 is 0 Å². The van der Waals surface area contributed by atoms with Crippen LogP contribution in [0.4, 0.5) is 22.7 Å². The lowest BCUT2D eigenvalue weighted by atomic mass is 9.90. The summed E-state index contributed by atoms with van der Waals surface area (Å²) < 4.78 is 5.45. The summed E-state index contributed by atoms with van der Waals surface area (Å²) in [6, 6.07) is 44.2. The first-order chi connectivity index (χ1) is 23.6. The summed E-state index contributed by atoms with van der Waals surface area (Å²) in [5.41, 5.74) is 17.7. The molecule has 48 heavy (non-hydrogen) atoms. The number of fused-ring (bicyclic) bond motifs is 2. The second kappa shape index (κ2) is 13.7. The average Bonchev–Trinajstić information content (AvgIpc) is 3.14. The van der Waals surface area contributed by atoms with E-state index >= 15 is 0 Å². The summed E-state index contributed by atoms with van der Waals surface area (Å²) in [7, 11) is 1.70. The average molecular weight is 624 g/mol. The zero-order valence-corrected chi connectivity index (χ0v) is 27.1. The van der Waals surface area contributed by atoms with Crippen molar-refractivity contribution in [2.24, 2.45) is 0 Å². The summed E-state index contributed by atoms with van der Waals surface area (Å²) in [4.78, 5) is 2.37. The Bertz CT molecular complexity index is 2170. The van der Waals surface area contributed by atoms with Gasteiger partial charge in [-0.3, -0.25) is 0 Å². The number of ether oxygens (including phenoxy) is 1. The van der Waals surface area contributed by atoms with Crippen molar-refractivity contribution in [3.05, 3.63) is 160 Å². The number of hydrogen-bond donors (Lipinski definition) is 1. The molecule has 0 fully saturated rings. The highest BCUT2D eigenvalue weighted by molar-refractivity contribution is 5.94. The molecule has 0 radical (unpaired) electrons. The molecule has 0 bridgehead atoms.